The summed E-state index contributed by atoms with van der Waals surface area (Å²) < 4.78 is 29.8. The van der Waals surface area contributed by atoms with Crippen molar-refractivity contribution in [2.24, 2.45) is 17.8 Å². The summed E-state index contributed by atoms with van der Waals surface area (Å²) in [7, 11) is -3.60. The van der Waals surface area contributed by atoms with Crippen molar-refractivity contribution in [1.29, 1.82) is 0 Å². The quantitative estimate of drug-likeness (QED) is 0.441. The van der Waals surface area contributed by atoms with Crippen LogP contribution in [-0.4, -0.2) is 30.5 Å². The summed E-state index contributed by atoms with van der Waals surface area (Å²) in [6, 6.07) is 0. The van der Waals surface area contributed by atoms with Crippen molar-refractivity contribution in [2.75, 3.05) is 13.2 Å². The van der Waals surface area contributed by atoms with Crippen molar-refractivity contribution in [3.8, 4) is 0 Å². The molecule has 0 aliphatic heterocycles. The number of phosphoric ester groups is 1. The number of aliphatic hydroxyl groups excluding tert-OH is 1. The Hall–Kier alpha value is 0.0700. The molecule has 2 aliphatic rings. The van der Waals surface area contributed by atoms with Crippen LogP contribution in [0.4, 0.5) is 0 Å². The van der Waals surface area contributed by atoms with E-state index in [2.05, 4.69) is 20.8 Å². The first-order chi connectivity index (χ1) is 11.5. The normalized spacial score (nSPS) is 33.6. The van der Waals surface area contributed by atoms with E-state index < -0.39 is 20.0 Å². The van der Waals surface area contributed by atoms with E-state index in [0.717, 1.165) is 44.9 Å². The Morgan fingerprint density at radius 1 is 1.00 bits per heavy atom. The van der Waals surface area contributed by atoms with Crippen LogP contribution in [0.5, 0.6) is 0 Å². The first kappa shape index (κ1) is 20.4. The molecule has 0 bridgehead atoms. The highest BCUT2D eigenvalue weighted by molar-refractivity contribution is 7.48. The van der Waals surface area contributed by atoms with Crippen LogP contribution in [-0.2, 0) is 18.1 Å². The van der Waals surface area contributed by atoms with Crippen LogP contribution in [0, 0.1) is 17.8 Å². The Kier molecular flexibility index (Phi) is 8.22. The lowest BCUT2D eigenvalue weighted by atomic mass is 9.75. The number of hydrogen-bond donors (Lipinski definition) is 1. The molecule has 0 saturated heterocycles. The summed E-state index contributed by atoms with van der Waals surface area (Å²) in [6.07, 6.45) is 6.65. The Morgan fingerprint density at radius 3 is 2.17 bits per heavy atom. The minimum absolute atomic E-state index is 0.253. The summed E-state index contributed by atoms with van der Waals surface area (Å²) in [6.45, 7) is 7.04. The third-order valence-corrected chi connectivity index (χ3v) is 7.08. The predicted molar refractivity (Wildman–Crippen MR) is 94.8 cm³/mol. The minimum Gasteiger partial charge on any atom is -0.390 e. The Morgan fingerprint density at radius 2 is 1.58 bits per heavy atom. The van der Waals surface area contributed by atoms with E-state index in [-0.39, 0.29) is 5.92 Å². The van der Waals surface area contributed by atoms with Gasteiger partial charge in [0.1, 0.15) is 0 Å². The Bertz CT molecular complexity index is 402. The molecule has 0 spiro atoms. The number of phosphoric acid groups is 1. The van der Waals surface area contributed by atoms with Gasteiger partial charge in [-0.1, -0.05) is 40.0 Å². The van der Waals surface area contributed by atoms with E-state index in [0.29, 0.717) is 25.0 Å². The first-order valence-corrected chi connectivity index (χ1v) is 11.2. The lowest BCUT2D eigenvalue weighted by Gasteiger charge is -2.39. The van der Waals surface area contributed by atoms with Crippen LogP contribution in [0.25, 0.3) is 0 Å². The fourth-order valence-corrected chi connectivity index (χ4v) is 5.56. The predicted octanol–water partition coefficient (Wildman–Crippen LogP) is 4.93. The largest absolute Gasteiger partial charge is 0.475 e. The van der Waals surface area contributed by atoms with Crippen LogP contribution in [0.3, 0.4) is 0 Å². The molecule has 2 saturated carbocycles. The summed E-state index contributed by atoms with van der Waals surface area (Å²) >= 11 is 0. The Balaban J connectivity index is 1.97. The van der Waals surface area contributed by atoms with Gasteiger partial charge in [0.25, 0.3) is 0 Å². The molecular weight excluding hydrogens is 327 g/mol. The molecule has 2 fully saturated rings. The highest BCUT2D eigenvalue weighted by Crippen LogP contribution is 2.55. The van der Waals surface area contributed by atoms with Gasteiger partial charge < -0.3 is 5.11 Å². The zero-order valence-electron chi connectivity index (χ0n) is 15.5. The SMILES string of the molecule is CCCCOP(=O)(OCCCC)OC1CCC2CCC(C)C2C1O. The van der Waals surface area contributed by atoms with Crippen molar-refractivity contribution in [3.63, 3.8) is 0 Å². The Labute approximate surface area is 147 Å². The number of hydrogen-bond acceptors (Lipinski definition) is 5. The van der Waals surface area contributed by atoms with Crippen molar-refractivity contribution in [3.05, 3.63) is 0 Å². The van der Waals surface area contributed by atoms with E-state index in [9.17, 15) is 9.67 Å². The van der Waals surface area contributed by atoms with Crippen LogP contribution >= 0.6 is 7.82 Å². The molecule has 5 atom stereocenters. The van der Waals surface area contributed by atoms with Crippen molar-refractivity contribution in [2.45, 2.75) is 84.3 Å². The molecule has 24 heavy (non-hydrogen) atoms. The number of unbranched alkanes of at least 4 members (excludes halogenated alkanes) is 2. The number of aliphatic hydroxyl groups is 1. The molecule has 0 heterocycles. The summed E-state index contributed by atoms with van der Waals surface area (Å²) in [5.74, 6) is 1.33. The molecule has 0 aromatic rings. The fraction of sp³-hybridized carbons (Fsp3) is 1.00. The molecular formula is C18H35O5P. The lowest BCUT2D eigenvalue weighted by Crippen LogP contribution is -2.43. The molecule has 2 aliphatic carbocycles. The van der Waals surface area contributed by atoms with Gasteiger partial charge in [0.2, 0.25) is 0 Å². The lowest BCUT2D eigenvalue weighted by molar-refractivity contribution is -0.0716. The van der Waals surface area contributed by atoms with Crippen molar-refractivity contribution >= 4 is 7.82 Å². The first-order valence-electron chi connectivity index (χ1n) is 9.76. The van der Waals surface area contributed by atoms with Gasteiger partial charge in [0, 0.05) is 0 Å². The van der Waals surface area contributed by atoms with Gasteiger partial charge in [-0.05, 0) is 49.9 Å². The fourth-order valence-electron chi connectivity index (χ4n) is 4.10. The minimum atomic E-state index is -3.60. The van der Waals surface area contributed by atoms with Gasteiger partial charge in [-0.15, -0.1) is 0 Å². The topological polar surface area (TPSA) is 65.0 Å². The van der Waals surface area contributed by atoms with Crippen LogP contribution in [0.2, 0.25) is 0 Å². The van der Waals surface area contributed by atoms with Crippen LogP contribution in [0.15, 0.2) is 0 Å². The van der Waals surface area contributed by atoms with E-state index in [4.69, 9.17) is 13.6 Å². The maximum atomic E-state index is 13.0. The monoisotopic (exact) mass is 362 g/mol. The van der Waals surface area contributed by atoms with Crippen LogP contribution < -0.4 is 0 Å². The summed E-state index contributed by atoms with van der Waals surface area (Å²) in [5.41, 5.74) is 0. The average Bonchev–Trinajstić information content (AvgIpc) is 2.93. The number of fused-ring (bicyclic) bond motifs is 1. The second-order valence-corrected chi connectivity index (χ2v) is 9.05. The molecule has 6 heteroatoms. The second kappa shape index (κ2) is 9.68. The molecule has 0 amide bonds. The number of rotatable bonds is 10. The standard InChI is InChI=1S/C18H35O5P/c1-4-6-12-21-24(20,22-13-7-5-2)23-16-11-10-15-9-8-14(3)17(15)18(16)19/h14-19H,4-13H2,1-3H3. The van der Waals surface area contributed by atoms with Gasteiger partial charge in [0.15, 0.2) is 0 Å². The van der Waals surface area contributed by atoms with Gasteiger partial charge in [-0.3, -0.25) is 13.6 Å². The zero-order valence-corrected chi connectivity index (χ0v) is 16.4. The molecule has 2 rings (SSSR count). The smallest absolute Gasteiger partial charge is 0.390 e. The van der Waals surface area contributed by atoms with Crippen molar-refractivity contribution < 1.29 is 23.2 Å². The third kappa shape index (κ3) is 5.28. The summed E-state index contributed by atoms with van der Waals surface area (Å²) in [4.78, 5) is 0. The second-order valence-electron chi connectivity index (χ2n) is 7.42. The molecule has 0 radical (unpaired) electrons. The molecule has 0 aromatic carbocycles. The molecule has 5 unspecified atom stereocenters. The maximum absolute atomic E-state index is 13.0. The maximum Gasteiger partial charge on any atom is 0.475 e. The molecule has 0 aromatic heterocycles. The molecule has 5 nitrogen and oxygen atoms in total. The third-order valence-electron chi connectivity index (χ3n) is 5.55. The van der Waals surface area contributed by atoms with Crippen molar-refractivity contribution in [1.82, 2.24) is 0 Å². The zero-order chi connectivity index (χ0) is 17.6. The summed E-state index contributed by atoms with van der Waals surface area (Å²) in [5, 5.41) is 10.8. The highest BCUT2D eigenvalue weighted by atomic mass is 31.2. The van der Waals surface area contributed by atoms with Crippen LogP contribution in [0.1, 0.15) is 72.1 Å². The van der Waals surface area contributed by atoms with E-state index >= 15 is 0 Å². The van der Waals surface area contributed by atoms with Gasteiger partial charge in [0.05, 0.1) is 25.4 Å². The van der Waals surface area contributed by atoms with E-state index in [1.54, 1.807) is 0 Å². The van der Waals surface area contributed by atoms with E-state index in [1.165, 1.54) is 6.42 Å². The van der Waals surface area contributed by atoms with Gasteiger partial charge in [-0.2, -0.15) is 0 Å². The van der Waals surface area contributed by atoms with Gasteiger partial charge >= 0.3 is 7.82 Å². The molecule has 1 N–H and O–H groups in total. The molecule has 142 valence electrons. The van der Waals surface area contributed by atoms with Gasteiger partial charge in [-0.25, -0.2) is 4.57 Å². The van der Waals surface area contributed by atoms with E-state index in [1.807, 2.05) is 0 Å². The average molecular weight is 362 g/mol. The highest BCUT2D eigenvalue weighted by Gasteiger charge is 2.47.